The fourth-order valence-electron chi connectivity index (χ4n) is 1.48. The average Bonchev–Trinajstić information content (AvgIpc) is 2.73. The third-order valence-electron chi connectivity index (χ3n) is 2.38. The Labute approximate surface area is 116 Å². The summed E-state index contributed by atoms with van der Waals surface area (Å²) in [5, 5.41) is 15.8. The van der Waals surface area contributed by atoms with Gasteiger partial charge in [0.05, 0.1) is 11.5 Å². The summed E-state index contributed by atoms with van der Waals surface area (Å²) in [5.41, 5.74) is 6.98. The van der Waals surface area contributed by atoms with Crippen molar-refractivity contribution in [1.82, 2.24) is 0 Å². The first-order valence-corrected chi connectivity index (χ1v) is 6.75. The summed E-state index contributed by atoms with van der Waals surface area (Å²) in [6.45, 7) is 0.478. The van der Waals surface area contributed by atoms with E-state index in [0.29, 0.717) is 22.4 Å². The lowest BCUT2D eigenvalue weighted by molar-refractivity contribution is -0.384. The van der Waals surface area contributed by atoms with E-state index in [1.165, 1.54) is 17.4 Å². The smallest absolute Gasteiger partial charge is 0.293 e. The third kappa shape index (κ3) is 2.80. The molecule has 0 saturated carbocycles. The van der Waals surface area contributed by atoms with Crippen LogP contribution in [0.1, 0.15) is 4.88 Å². The molecule has 2 rings (SSSR count). The second-order valence-electron chi connectivity index (χ2n) is 3.57. The number of halogens is 1. The molecule has 2 aromatic rings. The van der Waals surface area contributed by atoms with E-state index in [1.807, 2.05) is 11.4 Å². The zero-order chi connectivity index (χ0) is 13.1. The van der Waals surface area contributed by atoms with Crippen LogP contribution in [0.2, 0.25) is 0 Å². The van der Waals surface area contributed by atoms with Crippen molar-refractivity contribution >= 4 is 44.3 Å². The number of nitrogens with two attached hydrogens (primary N) is 1. The van der Waals surface area contributed by atoms with Crippen LogP contribution in [0.4, 0.5) is 17.1 Å². The first-order valence-electron chi connectivity index (χ1n) is 5.07. The highest BCUT2D eigenvalue weighted by Crippen LogP contribution is 2.29. The molecule has 5 nitrogen and oxygen atoms in total. The summed E-state index contributed by atoms with van der Waals surface area (Å²) in [7, 11) is 0. The molecule has 0 saturated heterocycles. The number of nitrogens with one attached hydrogen (secondary N) is 1. The summed E-state index contributed by atoms with van der Waals surface area (Å²) < 4.78 is 0.676. The zero-order valence-electron chi connectivity index (χ0n) is 9.22. The van der Waals surface area contributed by atoms with Gasteiger partial charge in [0.15, 0.2) is 0 Å². The molecule has 0 spiro atoms. The standard InChI is InChI=1S/C11H10BrN3O2S/c12-7-1-2-9(10(5-7)15(16)17)14-6-11-8(13)3-4-18-11/h1-5,14H,6,13H2. The van der Waals surface area contributed by atoms with E-state index in [2.05, 4.69) is 21.2 Å². The number of nitrogens with zero attached hydrogens (tertiary/aromatic N) is 1. The SMILES string of the molecule is Nc1ccsc1CNc1ccc(Br)cc1[N+](=O)[O-]. The topological polar surface area (TPSA) is 81.2 Å². The number of nitro benzene ring substituents is 1. The van der Waals surface area contributed by atoms with Crippen LogP contribution in [0.5, 0.6) is 0 Å². The molecular formula is C11H10BrN3O2S. The number of nitro groups is 1. The van der Waals surface area contributed by atoms with E-state index >= 15 is 0 Å². The summed E-state index contributed by atoms with van der Waals surface area (Å²) in [4.78, 5) is 11.5. The largest absolute Gasteiger partial charge is 0.398 e. The van der Waals surface area contributed by atoms with Gasteiger partial charge in [0.1, 0.15) is 5.69 Å². The first-order chi connectivity index (χ1) is 8.58. The van der Waals surface area contributed by atoms with Crippen molar-refractivity contribution in [3.05, 3.63) is 49.1 Å². The van der Waals surface area contributed by atoms with Gasteiger partial charge in [-0.2, -0.15) is 0 Å². The van der Waals surface area contributed by atoms with E-state index < -0.39 is 4.92 Å². The average molecular weight is 328 g/mol. The molecule has 0 unspecified atom stereocenters. The van der Waals surface area contributed by atoms with Crippen molar-refractivity contribution in [2.45, 2.75) is 6.54 Å². The van der Waals surface area contributed by atoms with Crippen LogP contribution in [0, 0.1) is 10.1 Å². The molecule has 0 atom stereocenters. The maximum absolute atomic E-state index is 10.9. The number of benzene rings is 1. The maximum Gasteiger partial charge on any atom is 0.293 e. The molecule has 0 fully saturated rings. The Bertz CT molecular complexity index is 585. The van der Waals surface area contributed by atoms with Crippen molar-refractivity contribution in [2.75, 3.05) is 11.1 Å². The number of anilines is 2. The Morgan fingerprint density at radius 2 is 2.22 bits per heavy atom. The number of thiophene rings is 1. The molecule has 7 heteroatoms. The van der Waals surface area contributed by atoms with Crippen LogP contribution < -0.4 is 11.1 Å². The molecule has 3 N–H and O–H groups in total. The highest BCUT2D eigenvalue weighted by atomic mass is 79.9. The lowest BCUT2D eigenvalue weighted by atomic mass is 10.2. The number of hydrogen-bond donors (Lipinski definition) is 2. The van der Waals surface area contributed by atoms with Gasteiger partial charge in [-0.15, -0.1) is 11.3 Å². The van der Waals surface area contributed by atoms with Crippen molar-refractivity contribution in [2.24, 2.45) is 0 Å². The second kappa shape index (κ2) is 5.36. The Kier molecular flexibility index (Phi) is 3.83. The minimum absolute atomic E-state index is 0.0412. The van der Waals surface area contributed by atoms with E-state index in [1.54, 1.807) is 12.1 Å². The van der Waals surface area contributed by atoms with Gasteiger partial charge in [-0.3, -0.25) is 10.1 Å². The van der Waals surface area contributed by atoms with E-state index in [9.17, 15) is 10.1 Å². The summed E-state index contributed by atoms with van der Waals surface area (Å²) >= 11 is 4.74. The third-order valence-corrected chi connectivity index (χ3v) is 3.81. The van der Waals surface area contributed by atoms with E-state index in [4.69, 9.17) is 5.73 Å². The van der Waals surface area contributed by atoms with Crippen LogP contribution in [0.3, 0.4) is 0 Å². The van der Waals surface area contributed by atoms with Crippen molar-refractivity contribution in [1.29, 1.82) is 0 Å². The first kappa shape index (κ1) is 12.8. The fourth-order valence-corrected chi connectivity index (χ4v) is 2.56. The lowest BCUT2D eigenvalue weighted by Gasteiger charge is -2.06. The van der Waals surface area contributed by atoms with Crippen LogP contribution in [0.15, 0.2) is 34.1 Å². The lowest BCUT2D eigenvalue weighted by Crippen LogP contribution is -2.02. The quantitative estimate of drug-likeness (QED) is 0.663. The molecule has 18 heavy (non-hydrogen) atoms. The molecule has 0 aliphatic heterocycles. The summed E-state index contributed by atoms with van der Waals surface area (Å²) in [5.74, 6) is 0. The molecule has 0 bridgehead atoms. The Hall–Kier alpha value is -1.60. The van der Waals surface area contributed by atoms with E-state index in [0.717, 1.165) is 4.88 Å². The highest BCUT2D eigenvalue weighted by molar-refractivity contribution is 9.10. The molecule has 1 heterocycles. The van der Waals surface area contributed by atoms with Crippen molar-refractivity contribution < 1.29 is 4.92 Å². The maximum atomic E-state index is 10.9. The fraction of sp³-hybridized carbons (Fsp3) is 0.0909. The molecular weight excluding hydrogens is 318 g/mol. The number of rotatable bonds is 4. The minimum atomic E-state index is -0.412. The normalized spacial score (nSPS) is 10.3. The number of nitrogen functional groups attached to an aromatic ring is 1. The Balaban J connectivity index is 2.19. The van der Waals surface area contributed by atoms with Crippen LogP contribution in [0.25, 0.3) is 0 Å². The number of hydrogen-bond acceptors (Lipinski definition) is 5. The Morgan fingerprint density at radius 3 is 2.83 bits per heavy atom. The van der Waals surface area contributed by atoms with Gasteiger partial charge in [0.2, 0.25) is 0 Å². The molecule has 0 amide bonds. The predicted molar refractivity (Wildman–Crippen MR) is 76.9 cm³/mol. The monoisotopic (exact) mass is 327 g/mol. The molecule has 1 aromatic heterocycles. The van der Waals surface area contributed by atoms with Crippen LogP contribution in [-0.4, -0.2) is 4.92 Å². The summed E-state index contributed by atoms with van der Waals surface area (Å²) in [6, 6.07) is 6.72. The van der Waals surface area contributed by atoms with Gasteiger partial charge in [-0.25, -0.2) is 0 Å². The molecule has 0 aliphatic rings. The second-order valence-corrected chi connectivity index (χ2v) is 5.49. The molecule has 0 radical (unpaired) electrons. The van der Waals surface area contributed by atoms with Gasteiger partial charge in [-0.05, 0) is 23.6 Å². The van der Waals surface area contributed by atoms with Gasteiger partial charge in [0.25, 0.3) is 5.69 Å². The predicted octanol–water partition coefficient (Wildman–Crippen LogP) is 3.61. The van der Waals surface area contributed by atoms with Crippen molar-refractivity contribution in [3.8, 4) is 0 Å². The van der Waals surface area contributed by atoms with Crippen LogP contribution >= 0.6 is 27.3 Å². The van der Waals surface area contributed by atoms with E-state index in [-0.39, 0.29) is 5.69 Å². The Morgan fingerprint density at radius 1 is 1.44 bits per heavy atom. The molecule has 0 aliphatic carbocycles. The van der Waals surface area contributed by atoms with Gasteiger partial charge >= 0.3 is 0 Å². The highest BCUT2D eigenvalue weighted by Gasteiger charge is 2.14. The minimum Gasteiger partial charge on any atom is -0.398 e. The van der Waals surface area contributed by atoms with Crippen molar-refractivity contribution in [3.63, 3.8) is 0 Å². The van der Waals surface area contributed by atoms with Gasteiger partial charge in [-0.1, -0.05) is 15.9 Å². The van der Waals surface area contributed by atoms with Crippen LogP contribution in [-0.2, 0) is 6.54 Å². The zero-order valence-corrected chi connectivity index (χ0v) is 11.6. The summed E-state index contributed by atoms with van der Waals surface area (Å²) in [6.07, 6.45) is 0. The van der Waals surface area contributed by atoms with Gasteiger partial charge < -0.3 is 11.1 Å². The molecule has 1 aromatic carbocycles. The van der Waals surface area contributed by atoms with Gasteiger partial charge in [0, 0.05) is 21.1 Å². The molecule has 94 valence electrons.